The molecule has 0 radical (unpaired) electrons. The van der Waals surface area contributed by atoms with Gasteiger partial charge in [0, 0.05) is 43.2 Å². The summed E-state index contributed by atoms with van der Waals surface area (Å²) in [6.07, 6.45) is 3.35. The van der Waals surface area contributed by atoms with Gasteiger partial charge in [0.05, 0.1) is 30.6 Å². The van der Waals surface area contributed by atoms with Crippen LogP contribution in [0.15, 0.2) is 36.7 Å². The number of nitrogens with zero attached hydrogens (tertiary/aromatic N) is 4. The summed E-state index contributed by atoms with van der Waals surface area (Å²) in [6.45, 7) is 7.12. The van der Waals surface area contributed by atoms with Crippen LogP contribution in [-0.4, -0.2) is 51.6 Å². The molecule has 2 aromatic carbocycles. The quantitative estimate of drug-likeness (QED) is 0.357. The van der Waals surface area contributed by atoms with Crippen LogP contribution in [0.4, 0.5) is 15.9 Å². The summed E-state index contributed by atoms with van der Waals surface area (Å²) < 4.78 is 25.4. The smallest absolute Gasteiger partial charge is 0.162 e. The number of halogens is 1. The molecule has 0 atom stereocenters. The summed E-state index contributed by atoms with van der Waals surface area (Å²) in [5, 5.41) is 4.07. The number of aromatic nitrogens is 4. The average Bonchev–Trinajstić information content (AvgIpc) is 3.23. The van der Waals surface area contributed by atoms with E-state index < -0.39 is 0 Å². The number of nitrogens with one attached hydrogen (secondary N) is 2. The van der Waals surface area contributed by atoms with Crippen molar-refractivity contribution < 1.29 is 13.9 Å². The molecule has 182 valence electrons. The molecule has 0 spiro atoms. The van der Waals surface area contributed by atoms with Crippen molar-refractivity contribution in [1.82, 2.24) is 24.8 Å². The van der Waals surface area contributed by atoms with Crippen LogP contribution in [0, 0.1) is 19.7 Å². The Kier molecular flexibility index (Phi) is 6.50. The lowest BCUT2D eigenvalue weighted by Crippen LogP contribution is -2.32. The third kappa shape index (κ3) is 5.05. The molecule has 0 saturated heterocycles. The molecular weight excluding hydrogens is 447 g/mol. The van der Waals surface area contributed by atoms with Crippen LogP contribution < -0.4 is 14.8 Å². The highest BCUT2D eigenvalue weighted by Crippen LogP contribution is 2.35. The van der Waals surface area contributed by atoms with E-state index in [9.17, 15) is 4.39 Å². The zero-order valence-corrected chi connectivity index (χ0v) is 20.2. The molecular formula is C26H29FN6O2. The van der Waals surface area contributed by atoms with Crippen molar-refractivity contribution in [3.8, 4) is 11.5 Å². The fourth-order valence-electron chi connectivity index (χ4n) is 4.45. The monoisotopic (exact) mass is 476 g/mol. The van der Waals surface area contributed by atoms with E-state index in [0.29, 0.717) is 29.5 Å². The maximum atomic E-state index is 13.7. The third-order valence-corrected chi connectivity index (χ3v) is 6.25. The van der Waals surface area contributed by atoms with Crippen molar-refractivity contribution in [2.75, 3.05) is 32.1 Å². The predicted molar refractivity (Wildman–Crippen MR) is 133 cm³/mol. The molecule has 0 unspecified atom stereocenters. The van der Waals surface area contributed by atoms with E-state index in [1.807, 2.05) is 19.1 Å². The molecule has 5 rings (SSSR count). The minimum atomic E-state index is -0.242. The number of methoxy groups -OCH3 is 1. The number of ether oxygens (including phenoxy) is 2. The largest absolute Gasteiger partial charge is 0.493 e. The molecule has 1 aliphatic heterocycles. The van der Waals surface area contributed by atoms with Gasteiger partial charge in [0.25, 0.3) is 0 Å². The number of hydrogen-bond donors (Lipinski definition) is 2. The van der Waals surface area contributed by atoms with E-state index in [-0.39, 0.29) is 5.82 Å². The second kappa shape index (κ2) is 9.87. The Bertz CT molecular complexity index is 1360. The van der Waals surface area contributed by atoms with Crippen LogP contribution >= 0.6 is 0 Å². The lowest BCUT2D eigenvalue weighted by Gasteiger charge is -2.25. The van der Waals surface area contributed by atoms with Gasteiger partial charge in [-0.25, -0.2) is 19.3 Å². The van der Waals surface area contributed by atoms with Crippen molar-refractivity contribution in [1.29, 1.82) is 0 Å². The SMILES string of the molecule is COc1cc2ncnc(Nc3ccc(F)c(C)c3)c2cc1OCCCN1CCc2nc(C)[nH]c2C1. The molecule has 1 aliphatic rings. The molecule has 0 saturated carbocycles. The molecule has 2 N–H and O–H groups in total. The zero-order valence-electron chi connectivity index (χ0n) is 20.2. The van der Waals surface area contributed by atoms with Gasteiger partial charge in [-0.05, 0) is 50.1 Å². The second-order valence-electron chi connectivity index (χ2n) is 8.81. The van der Waals surface area contributed by atoms with Crippen LogP contribution in [0.5, 0.6) is 11.5 Å². The van der Waals surface area contributed by atoms with Gasteiger partial charge >= 0.3 is 0 Å². The standard InChI is InChI=1S/C26H29FN6O2/c1-16-11-18(5-6-20(16)27)32-26-19-12-25(24(34-3)13-22(19)28-15-29-26)35-10-4-8-33-9-7-21-23(14-33)31-17(2)30-21/h5-6,11-13,15H,4,7-10,14H2,1-3H3,(H,30,31)(H,28,29,32). The summed E-state index contributed by atoms with van der Waals surface area (Å²) in [4.78, 5) is 19.1. The Hall–Kier alpha value is -3.72. The van der Waals surface area contributed by atoms with Crippen LogP contribution in [0.1, 0.15) is 29.2 Å². The van der Waals surface area contributed by atoms with Gasteiger partial charge in [-0.15, -0.1) is 0 Å². The Balaban J connectivity index is 1.27. The number of rotatable bonds is 8. The van der Waals surface area contributed by atoms with Gasteiger partial charge in [-0.2, -0.15) is 0 Å². The molecule has 9 heteroatoms. The molecule has 35 heavy (non-hydrogen) atoms. The lowest BCUT2D eigenvalue weighted by atomic mass is 10.1. The highest BCUT2D eigenvalue weighted by atomic mass is 19.1. The molecule has 3 heterocycles. The summed E-state index contributed by atoms with van der Waals surface area (Å²) in [6, 6.07) is 8.62. The second-order valence-corrected chi connectivity index (χ2v) is 8.81. The van der Waals surface area contributed by atoms with E-state index in [0.717, 1.165) is 54.9 Å². The van der Waals surface area contributed by atoms with Gasteiger partial charge in [-0.1, -0.05) is 0 Å². The van der Waals surface area contributed by atoms with Gasteiger partial charge < -0.3 is 19.8 Å². The Morgan fingerprint density at radius 3 is 2.86 bits per heavy atom. The maximum Gasteiger partial charge on any atom is 0.162 e. The first-order valence-electron chi connectivity index (χ1n) is 11.8. The van der Waals surface area contributed by atoms with Crippen LogP contribution in [0.3, 0.4) is 0 Å². The highest BCUT2D eigenvalue weighted by molar-refractivity contribution is 5.93. The molecule has 0 aliphatic carbocycles. The molecule has 4 aromatic rings. The van der Waals surface area contributed by atoms with Gasteiger partial charge in [0.15, 0.2) is 11.5 Å². The van der Waals surface area contributed by atoms with E-state index in [2.05, 4.69) is 30.2 Å². The summed E-state index contributed by atoms with van der Waals surface area (Å²) in [7, 11) is 1.62. The van der Waals surface area contributed by atoms with Gasteiger partial charge in [0.2, 0.25) is 0 Å². The first-order chi connectivity index (χ1) is 17.0. The molecule has 8 nitrogen and oxygen atoms in total. The van der Waals surface area contributed by atoms with E-state index >= 15 is 0 Å². The molecule has 0 bridgehead atoms. The molecule has 0 fully saturated rings. The number of H-pyrrole nitrogens is 1. The normalized spacial score (nSPS) is 13.6. The van der Waals surface area contributed by atoms with Crippen molar-refractivity contribution >= 4 is 22.4 Å². The van der Waals surface area contributed by atoms with Crippen LogP contribution in [-0.2, 0) is 13.0 Å². The minimum absolute atomic E-state index is 0.242. The predicted octanol–water partition coefficient (Wildman–Crippen LogP) is 4.69. The van der Waals surface area contributed by atoms with Crippen LogP contribution in [0.2, 0.25) is 0 Å². The average molecular weight is 477 g/mol. The number of fused-ring (bicyclic) bond motifs is 2. The van der Waals surface area contributed by atoms with E-state index in [1.165, 1.54) is 23.8 Å². The minimum Gasteiger partial charge on any atom is -0.493 e. The van der Waals surface area contributed by atoms with Gasteiger partial charge in [0.1, 0.15) is 23.8 Å². The number of hydrogen-bond acceptors (Lipinski definition) is 7. The molecule has 2 aromatic heterocycles. The Morgan fingerprint density at radius 1 is 1.14 bits per heavy atom. The fourth-order valence-corrected chi connectivity index (χ4v) is 4.45. The Labute approximate surface area is 203 Å². The van der Waals surface area contributed by atoms with Crippen molar-refractivity contribution in [2.24, 2.45) is 0 Å². The van der Waals surface area contributed by atoms with E-state index in [1.54, 1.807) is 26.2 Å². The summed E-state index contributed by atoms with van der Waals surface area (Å²) >= 11 is 0. The first-order valence-corrected chi connectivity index (χ1v) is 11.8. The zero-order chi connectivity index (χ0) is 24.4. The number of aryl methyl sites for hydroxylation is 2. The number of benzene rings is 2. The van der Waals surface area contributed by atoms with Crippen molar-refractivity contribution in [3.05, 3.63) is 65.3 Å². The first kappa shape index (κ1) is 23.0. The number of anilines is 2. The third-order valence-electron chi connectivity index (χ3n) is 6.25. The van der Waals surface area contributed by atoms with Crippen LogP contribution in [0.25, 0.3) is 10.9 Å². The van der Waals surface area contributed by atoms with Crippen molar-refractivity contribution in [3.63, 3.8) is 0 Å². The number of aromatic amines is 1. The Morgan fingerprint density at radius 2 is 2.03 bits per heavy atom. The fraction of sp³-hybridized carbons (Fsp3) is 0.346. The van der Waals surface area contributed by atoms with E-state index in [4.69, 9.17) is 9.47 Å². The molecule has 0 amide bonds. The number of imidazole rings is 1. The topological polar surface area (TPSA) is 88.2 Å². The summed E-state index contributed by atoms with van der Waals surface area (Å²) in [5.41, 5.74) is 4.45. The lowest BCUT2D eigenvalue weighted by molar-refractivity contribution is 0.215. The van der Waals surface area contributed by atoms with Gasteiger partial charge in [-0.3, -0.25) is 4.90 Å². The van der Waals surface area contributed by atoms with Crippen molar-refractivity contribution in [2.45, 2.75) is 33.2 Å². The maximum absolute atomic E-state index is 13.7. The highest BCUT2D eigenvalue weighted by Gasteiger charge is 2.19. The summed E-state index contributed by atoms with van der Waals surface area (Å²) in [5.74, 6) is 2.62.